The minimum atomic E-state index is -0.356. The number of para-hydroxylation sites is 3. The Morgan fingerprint density at radius 1 is 0.656 bits per heavy atom. The standard InChI is InChI=1S/C57H45N4O2.Pt/c1-56(2,3)39-31-45(53(62)47(32-39)57(4,5)6)55-60-52-42(24-17-26-50(52)61(55)49-25-15-13-22-40(49)35-18-9-7-10-19-35)44-29-37(28-43-41-23-14-16-27-51(41)63-54(43)44)48-30-38(33-58)46(34-59-48)36-20-11-8-12-21-36;/h7-28,30-32,34,62H,1-6H3;/q-1;. The van der Waals surface area contributed by atoms with Crippen LogP contribution in [0.1, 0.15) is 58.2 Å². The van der Waals surface area contributed by atoms with Gasteiger partial charge in [-0.05, 0) is 57.2 Å². The van der Waals surface area contributed by atoms with Crippen LogP contribution in [-0.2, 0) is 31.9 Å². The van der Waals surface area contributed by atoms with Crippen molar-refractivity contribution in [2.45, 2.75) is 52.4 Å². The van der Waals surface area contributed by atoms with Gasteiger partial charge >= 0.3 is 0 Å². The third-order valence-corrected chi connectivity index (χ3v) is 12.0. The number of benzene rings is 7. The second-order valence-electron chi connectivity index (χ2n) is 18.2. The van der Waals surface area contributed by atoms with E-state index >= 15 is 0 Å². The van der Waals surface area contributed by atoms with Gasteiger partial charge in [0.2, 0.25) is 0 Å². The number of furan rings is 1. The van der Waals surface area contributed by atoms with Gasteiger partial charge in [0.15, 0.2) is 0 Å². The Hall–Kier alpha value is -7.06. The molecule has 64 heavy (non-hydrogen) atoms. The second-order valence-corrected chi connectivity index (χ2v) is 18.2. The van der Waals surface area contributed by atoms with E-state index in [1.165, 1.54) is 0 Å². The third kappa shape index (κ3) is 7.30. The molecule has 0 unspecified atom stereocenters. The number of phenolic OH excluding ortho intramolecular Hbond substituents is 1. The van der Waals surface area contributed by atoms with E-state index < -0.39 is 0 Å². The average Bonchev–Trinajstić information content (AvgIpc) is 3.87. The van der Waals surface area contributed by atoms with Crippen molar-refractivity contribution in [1.29, 1.82) is 5.26 Å². The van der Waals surface area contributed by atoms with Crippen molar-refractivity contribution in [2.75, 3.05) is 0 Å². The van der Waals surface area contributed by atoms with Crippen LogP contribution in [0.3, 0.4) is 0 Å². The fraction of sp³-hybridized carbons (Fsp3) is 0.140. The number of aromatic nitrogens is 3. The summed E-state index contributed by atoms with van der Waals surface area (Å²) in [5.74, 6) is 0.820. The van der Waals surface area contributed by atoms with E-state index in [1.807, 2.05) is 72.8 Å². The first kappa shape index (κ1) is 42.2. The molecule has 0 aliphatic heterocycles. The van der Waals surface area contributed by atoms with Crippen molar-refractivity contribution >= 4 is 33.0 Å². The predicted octanol–water partition coefficient (Wildman–Crippen LogP) is 14.6. The monoisotopic (exact) mass is 1010 g/mol. The first-order valence-electron chi connectivity index (χ1n) is 21.3. The number of pyridine rings is 1. The minimum Gasteiger partial charge on any atom is -0.507 e. The zero-order chi connectivity index (χ0) is 43.6. The summed E-state index contributed by atoms with van der Waals surface area (Å²) >= 11 is 0. The molecule has 3 aromatic heterocycles. The van der Waals surface area contributed by atoms with E-state index in [-0.39, 0.29) is 37.6 Å². The van der Waals surface area contributed by atoms with Crippen LogP contribution in [0, 0.1) is 17.4 Å². The summed E-state index contributed by atoms with van der Waals surface area (Å²) in [6.45, 7) is 13.0. The van der Waals surface area contributed by atoms with Crippen LogP contribution in [0.15, 0.2) is 162 Å². The topological polar surface area (TPSA) is 87.9 Å². The van der Waals surface area contributed by atoms with Gasteiger partial charge in [0.25, 0.3) is 0 Å². The third-order valence-electron chi connectivity index (χ3n) is 12.0. The normalized spacial score (nSPS) is 11.8. The van der Waals surface area contributed by atoms with Gasteiger partial charge in [-0.15, -0.1) is 12.1 Å². The Labute approximate surface area is 387 Å². The molecule has 0 aliphatic rings. The Kier molecular flexibility index (Phi) is 10.7. The Balaban J connectivity index is 0.00000518. The van der Waals surface area contributed by atoms with Crippen molar-refractivity contribution in [1.82, 2.24) is 14.5 Å². The number of phenols is 1. The van der Waals surface area contributed by atoms with Gasteiger partial charge in [-0.2, -0.15) is 5.26 Å². The zero-order valence-electron chi connectivity index (χ0n) is 36.5. The summed E-state index contributed by atoms with van der Waals surface area (Å²) in [5.41, 5.74) is 13.1. The molecule has 0 atom stereocenters. The summed E-state index contributed by atoms with van der Waals surface area (Å²) in [4.78, 5) is 10.5. The molecule has 3 heterocycles. The predicted molar refractivity (Wildman–Crippen MR) is 256 cm³/mol. The Morgan fingerprint density at radius 2 is 1.31 bits per heavy atom. The number of hydrogen-bond acceptors (Lipinski definition) is 5. The molecule has 7 heteroatoms. The summed E-state index contributed by atoms with van der Waals surface area (Å²) in [5, 5.41) is 24.7. The molecule has 316 valence electrons. The molecule has 10 rings (SSSR count). The number of fused-ring (bicyclic) bond motifs is 4. The molecule has 0 spiro atoms. The summed E-state index contributed by atoms with van der Waals surface area (Å²) < 4.78 is 8.92. The fourth-order valence-corrected chi connectivity index (χ4v) is 8.70. The maximum Gasteiger partial charge on any atom is 0.148 e. The van der Waals surface area contributed by atoms with Crippen LogP contribution in [0.5, 0.6) is 5.75 Å². The van der Waals surface area contributed by atoms with Crippen LogP contribution < -0.4 is 0 Å². The number of rotatable bonds is 6. The first-order chi connectivity index (χ1) is 30.4. The molecule has 0 saturated carbocycles. The number of imidazole rings is 1. The van der Waals surface area contributed by atoms with E-state index in [2.05, 4.69) is 137 Å². The van der Waals surface area contributed by atoms with Crippen LogP contribution >= 0.6 is 0 Å². The second kappa shape index (κ2) is 16.2. The quantitative estimate of drug-likeness (QED) is 0.168. The van der Waals surface area contributed by atoms with Crippen molar-refractivity contribution in [2.24, 2.45) is 0 Å². The van der Waals surface area contributed by atoms with Gasteiger partial charge < -0.3 is 9.52 Å². The number of hydrogen-bond donors (Lipinski definition) is 1. The van der Waals surface area contributed by atoms with Gasteiger partial charge in [-0.1, -0.05) is 180 Å². The van der Waals surface area contributed by atoms with E-state index in [9.17, 15) is 10.4 Å². The molecule has 0 bridgehead atoms. The molecule has 7 aromatic carbocycles. The number of aromatic hydroxyl groups is 1. The van der Waals surface area contributed by atoms with Crippen molar-refractivity contribution in [3.8, 4) is 73.5 Å². The molecule has 6 nitrogen and oxygen atoms in total. The fourth-order valence-electron chi connectivity index (χ4n) is 8.70. The van der Waals surface area contributed by atoms with E-state index in [0.717, 1.165) is 72.1 Å². The Morgan fingerprint density at radius 3 is 2.02 bits per heavy atom. The van der Waals surface area contributed by atoms with Crippen LogP contribution in [0.4, 0.5) is 0 Å². The first-order valence-corrected chi connectivity index (χ1v) is 21.3. The molecule has 0 radical (unpaired) electrons. The van der Waals surface area contributed by atoms with Crippen molar-refractivity contribution in [3.05, 3.63) is 181 Å². The molecular weight excluding hydrogens is 968 g/mol. The van der Waals surface area contributed by atoms with Crippen molar-refractivity contribution in [3.63, 3.8) is 0 Å². The average molecular weight is 1010 g/mol. The van der Waals surface area contributed by atoms with E-state index in [1.54, 1.807) is 6.20 Å². The summed E-state index contributed by atoms with van der Waals surface area (Å²) in [6, 6.07) is 57.1. The molecule has 1 N–H and O–H groups in total. The van der Waals surface area contributed by atoms with Gasteiger partial charge in [-0.3, -0.25) is 9.55 Å². The summed E-state index contributed by atoms with van der Waals surface area (Å²) in [6.07, 6.45) is 1.78. The van der Waals surface area contributed by atoms with Gasteiger partial charge in [0.1, 0.15) is 17.2 Å². The van der Waals surface area contributed by atoms with E-state index in [0.29, 0.717) is 39.3 Å². The van der Waals surface area contributed by atoms with Gasteiger partial charge in [-0.25, -0.2) is 4.98 Å². The smallest absolute Gasteiger partial charge is 0.148 e. The zero-order valence-corrected chi connectivity index (χ0v) is 38.7. The number of nitriles is 1. The van der Waals surface area contributed by atoms with E-state index in [4.69, 9.17) is 14.4 Å². The Bertz CT molecular complexity index is 3440. The van der Waals surface area contributed by atoms with Crippen LogP contribution in [0.25, 0.3) is 94.7 Å². The molecule has 10 aromatic rings. The molecule has 0 aliphatic carbocycles. The van der Waals surface area contributed by atoms with Gasteiger partial charge in [0, 0.05) is 55.0 Å². The molecule has 0 saturated heterocycles. The SMILES string of the molecule is CC(C)(C)c1cc(-c2nc3c(-c4[c-]c(-c5cc(C#N)c(-c6ccccc6)cn5)cc5c4oc4ccccc45)cccc3n2-c2ccccc2-c2ccccc2)c(O)c(C(C)(C)C)c1.[Pt]. The maximum atomic E-state index is 12.5. The number of nitrogens with zero attached hydrogens (tertiary/aromatic N) is 4. The van der Waals surface area contributed by atoms with Gasteiger partial charge in [0.05, 0.1) is 39.5 Å². The van der Waals surface area contributed by atoms with Crippen molar-refractivity contribution < 1.29 is 30.6 Å². The van der Waals surface area contributed by atoms with Crippen LogP contribution in [0.2, 0.25) is 0 Å². The van der Waals surface area contributed by atoms with Crippen LogP contribution in [-0.4, -0.2) is 19.6 Å². The largest absolute Gasteiger partial charge is 0.507 e. The maximum absolute atomic E-state index is 12.5. The minimum absolute atomic E-state index is 0. The molecule has 0 fully saturated rings. The summed E-state index contributed by atoms with van der Waals surface area (Å²) in [7, 11) is 0. The molecule has 0 amide bonds. The molecular formula is C57H45N4O2Pt-.